The summed E-state index contributed by atoms with van der Waals surface area (Å²) in [5.74, 6) is 0.532. The molecule has 0 spiro atoms. The monoisotopic (exact) mass is 253 g/mol. The van der Waals surface area contributed by atoms with E-state index in [1.165, 1.54) is 0 Å². The minimum atomic E-state index is -0.0477. The lowest BCUT2D eigenvalue weighted by Crippen LogP contribution is -2.35. The molecule has 0 saturated carbocycles. The van der Waals surface area contributed by atoms with Gasteiger partial charge in [-0.25, -0.2) is 4.98 Å². The Balaban J connectivity index is 2.18. The summed E-state index contributed by atoms with van der Waals surface area (Å²) >= 11 is 0. The minimum absolute atomic E-state index is 0.0477. The molecule has 1 rings (SSSR count). The highest BCUT2D eigenvalue weighted by atomic mass is 16.5. The van der Waals surface area contributed by atoms with Gasteiger partial charge in [0.25, 0.3) is 0 Å². The third kappa shape index (κ3) is 5.60. The van der Waals surface area contributed by atoms with E-state index in [4.69, 9.17) is 9.47 Å². The number of amides is 1. The molecule has 1 amide bonds. The summed E-state index contributed by atoms with van der Waals surface area (Å²) in [5, 5.41) is 5.76. The van der Waals surface area contributed by atoms with Crippen LogP contribution in [0.3, 0.4) is 0 Å². The Labute approximate surface area is 107 Å². The van der Waals surface area contributed by atoms with Crippen molar-refractivity contribution in [3.63, 3.8) is 0 Å². The van der Waals surface area contributed by atoms with Gasteiger partial charge in [-0.3, -0.25) is 4.79 Å². The van der Waals surface area contributed by atoms with E-state index in [1.54, 1.807) is 26.5 Å². The molecular weight excluding hydrogens is 234 g/mol. The molecule has 0 unspecified atom stereocenters. The fourth-order valence-corrected chi connectivity index (χ4v) is 1.31. The van der Waals surface area contributed by atoms with Gasteiger partial charge in [0.05, 0.1) is 20.3 Å². The van der Waals surface area contributed by atoms with Gasteiger partial charge < -0.3 is 20.1 Å². The number of nitrogens with zero attached hydrogens (tertiary/aromatic N) is 1. The first-order valence-corrected chi connectivity index (χ1v) is 5.71. The highest BCUT2D eigenvalue weighted by molar-refractivity contribution is 5.77. The number of carbonyl (C=O) groups excluding carboxylic acids is 1. The van der Waals surface area contributed by atoms with Gasteiger partial charge in [-0.1, -0.05) is 6.07 Å². The molecule has 1 heterocycles. The molecule has 1 aromatic heterocycles. The summed E-state index contributed by atoms with van der Waals surface area (Å²) in [6.45, 7) is 1.92. The molecule has 0 bridgehead atoms. The van der Waals surface area contributed by atoms with Crippen LogP contribution < -0.4 is 15.4 Å². The first-order chi connectivity index (χ1) is 8.76. The van der Waals surface area contributed by atoms with E-state index >= 15 is 0 Å². The third-order valence-corrected chi connectivity index (χ3v) is 2.25. The Kier molecular flexibility index (Phi) is 6.75. The Hall–Kier alpha value is -1.66. The Bertz CT molecular complexity index is 354. The van der Waals surface area contributed by atoms with Crippen LogP contribution in [0.25, 0.3) is 0 Å². The highest BCUT2D eigenvalue weighted by Crippen LogP contribution is 2.05. The van der Waals surface area contributed by atoms with Crippen molar-refractivity contribution in [2.24, 2.45) is 0 Å². The zero-order chi connectivity index (χ0) is 13.2. The van der Waals surface area contributed by atoms with Crippen molar-refractivity contribution in [3.05, 3.63) is 23.9 Å². The van der Waals surface area contributed by atoms with E-state index < -0.39 is 0 Å². The van der Waals surface area contributed by atoms with Crippen LogP contribution in [0, 0.1) is 0 Å². The summed E-state index contributed by atoms with van der Waals surface area (Å²) in [7, 11) is 3.17. The molecule has 0 radical (unpaired) electrons. The molecule has 0 aromatic carbocycles. The average molecular weight is 253 g/mol. The lowest BCUT2D eigenvalue weighted by Gasteiger charge is -2.06. The minimum Gasteiger partial charge on any atom is -0.481 e. The number of rotatable bonds is 8. The zero-order valence-electron chi connectivity index (χ0n) is 10.7. The maximum absolute atomic E-state index is 11.3. The standard InChI is InChI=1S/C12H19N3O3/c1-17-6-5-14-11(16)9-13-7-10-3-4-12(18-2)15-8-10/h3-4,8,13H,5-7,9H2,1-2H3,(H,14,16). The van der Waals surface area contributed by atoms with Crippen molar-refractivity contribution in [2.45, 2.75) is 6.54 Å². The zero-order valence-corrected chi connectivity index (χ0v) is 10.7. The van der Waals surface area contributed by atoms with E-state index in [-0.39, 0.29) is 12.5 Å². The van der Waals surface area contributed by atoms with Crippen molar-refractivity contribution in [1.82, 2.24) is 15.6 Å². The number of aromatic nitrogens is 1. The van der Waals surface area contributed by atoms with Crippen molar-refractivity contribution in [2.75, 3.05) is 33.9 Å². The average Bonchev–Trinajstić information content (AvgIpc) is 2.40. The summed E-state index contributed by atoms with van der Waals surface area (Å²) in [6.07, 6.45) is 1.72. The Morgan fingerprint density at radius 1 is 1.39 bits per heavy atom. The van der Waals surface area contributed by atoms with Crippen molar-refractivity contribution in [1.29, 1.82) is 0 Å². The number of carbonyl (C=O) groups is 1. The van der Waals surface area contributed by atoms with Gasteiger partial charge in [0.15, 0.2) is 0 Å². The van der Waals surface area contributed by atoms with Crippen molar-refractivity contribution in [3.8, 4) is 5.88 Å². The van der Waals surface area contributed by atoms with E-state index in [9.17, 15) is 4.79 Å². The van der Waals surface area contributed by atoms with Crippen LogP contribution in [0.5, 0.6) is 5.88 Å². The van der Waals surface area contributed by atoms with Crippen molar-refractivity contribution >= 4 is 5.91 Å². The molecule has 0 aliphatic rings. The summed E-state index contributed by atoms with van der Waals surface area (Å²) in [4.78, 5) is 15.4. The van der Waals surface area contributed by atoms with Crippen LogP contribution in [0.2, 0.25) is 0 Å². The number of pyridine rings is 1. The summed E-state index contributed by atoms with van der Waals surface area (Å²) in [6, 6.07) is 3.69. The maximum atomic E-state index is 11.3. The molecule has 1 aromatic rings. The fourth-order valence-electron chi connectivity index (χ4n) is 1.31. The first kappa shape index (κ1) is 14.4. The number of hydrogen-bond acceptors (Lipinski definition) is 5. The molecule has 0 atom stereocenters. The Morgan fingerprint density at radius 3 is 2.83 bits per heavy atom. The summed E-state index contributed by atoms with van der Waals surface area (Å²) < 4.78 is 9.79. The number of hydrogen-bond donors (Lipinski definition) is 2. The predicted molar refractivity (Wildman–Crippen MR) is 67.4 cm³/mol. The fraction of sp³-hybridized carbons (Fsp3) is 0.500. The van der Waals surface area contributed by atoms with Crippen LogP contribution >= 0.6 is 0 Å². The molecule has 6 heteroatoms. The number of nitrogens with one attached hydrogen (secondary N) is 2. The topological polar surface area (TPSA) is 72.5 Å². The van der Waals surface area contributed by atoms with Crippen molar-refractivity contribution < 1.29 is 14.3 Å². The normalized spacial score (nSPS) is 10.1. The lowest BCUT2D eigenvalue weighted by atomic mass is 10.3. The van der Waals surface area contributed by atoms with E-state index in [0.717, 1.165) is 5.56 Å². The second-order valence-electron chi connectivity index (χ2n) is 3.66. The van der Waals surface area contributed by atoms with Crippen LogP contribution in [0.1, 0.15) is 5.56 Å². The Morgan fingerprint density at radius 2 is 2.22 bits per heavy atom. The summed E-state index contributed by atoms with van der Waals surface area (Å²) in [5.41, 5.74) is 1.00. The SMILES string of the molecule is COCCNC(=O)CNCc1ccc(OC)nc1. The van der Waals surface area contributed by atoms with Gasteiger partial charge in [0.2, 0.25) is 11.8 Å². The van der Waals surface area contributed by atoms with E-state index in [0.29, 0.717) is 25.6 Å². The predicted octanol–water partition coefficient (Wildman–Crippen LogP) is -0.0576. The molecule has 6 nitrogen and oxygen atoms in total. The van der Waals surface area contributed by atoms with E-state index in [1.807, 2.05) is 6.07 Å². The van der Waals surface area contributed by atoms with Gasteiger partial charge in [-0.15, -0.1) is 0 Å². The maximum Gasteiger partial charge on any atom is 0.234 e. The number of methoxy groups -OCH3 is 2. The first-order valence-electron chi connectivity index (χ1n) is 5.71. The molecule has 18 heavy (non-hydrogen) atoms. The lowest BCUT2D eigenvalue weighted by molar-refractivity contribution is -0.120. The molecule has 0 aliphatic heterocycles. The molecular formula is C12H19N3O3. The second kappa shape index (κ2) is 8.43. The van der Waals surface area contributed by atoms with Gasteiger partial charge in [0.1, 0.15) is 0 Å². The molecule has 0 aliphatic carbocycles. The van der Waals surface area contributed by atoms with Crippen LogP contribution in [0.4, 0.5) is 0 Å². The molecule has 2 N–H and O–H groups in total. The van der Waals surface area contributed by atoms with Gasteiger partial charge in [0, 0.05) is 32.5 Å². The number of ether oxygens (including phenoxy) is 2. The smallest absolute Gasteiger partial charge is 0.234 e. The van der Waals surface area contributed by atoms with Gasteiger partial charge >= 0.3 is 0 Å². The largest absolute Gasteiger partial charge is 0.481 e. The molecule has 100 valence electrons. The quantitative estimate of drug-likeness (QED) is 0.635. The molecule has 0 saturated heterocycles. The van der Waals surface area contributed by atoms with Crippen LogP contribution in [-0.4, -0.2) is 44.8 Å². The highest BCUT2D eigenvalue weighted by Gasteiger charge is 2.00. The molecule has 0 fully saturated rings. The third-order valence-electron chi connectivity index (χ3n) is 2.25. The second-order valence-corrected chi connectivity index (χ2v) is 3.66. The van der Waals surface area contributed by atoms with E-state index in [2.05, 4.69) is 15.6 Å². The van der Waals surface area contributed by atoms with Gasteiger partial charge in [-0.05, 0) is 5.56 Å². The van der Waals surface area contributed by atoms with Crippen LogP contribution in [-0.2, 0) is 16.1 Å². The van der Waals surface area contributed by atoms with Crippen LogP contribution in [0.15, 0.2) is 18.3 Å². The van der Waals surface area contributed by atoms with Gasteiger partial charge in [-0.2, -0.15) is 0 Å².